The van der Waals surface area contributed by atoms with Gasteiger partial charge in [-0.15, -0.1) is 0 Å². The van der Waals surface area contributed by atoms with Gasteiger partial charge in [0.05, 0.1) is 0 Å². The molecule has 0 fully saturated rings. The summed E-state index contributed by atoms with van der Waals surface area (Å²) in [7, 11) is 0. The first-order chi connectivity index (χ1) is 12.3. The fourth-order valence-corrected chi connectivity index (χ4v) is 4.07. The van der Waals surface area contributed by atoms with E-state index in [0.717, 1.165) is 34.2 Å². The van der Waals surface area contributed by atoms with Crippen molar-refractivity contribution in [1.82, 2.24) is 9.97 Å². The number of ether oxygens (including phenoxy) is 1. The fraction of sp³-hybridized carbons (Fsp3) is 0.200. The molecule has 5 heteroatoms. The third-order valence-electron chi connectivity index (χ3n) is 4.12. The van der Waals surface area contributed by atoms with Crippen LogP contribution in [0.4, 0.5) is 0 Å². The molecule has 0 N–H and O–H groups in total. The van der Waals surface area contributed by atoms with Crippen LogP contribution in [0.3, 0.4) is 0 Å². The highest BCUT2D eigenvalue weighted by Gasteiger charge is 2.18. The molecule has 1 aliphatic carbocycles. The minimum atomic E-state index is 0.415. The zero-order valence-corrected chi connectivity index (χ0v) is 15.2. The third kappa shape index (κ3) is 3.75. The Balaban J connectivity index is 1.75. The molecule has 0 amide bonds. The van der Waals surface area contributed by atoms with Gasteiger partial charge in [0.2, 0.25) is 5.06 Å². The molecule has 0 bridgehead atoms. The highest BCUT2D eigenvalue weighted by atomic mass is 35.5. The Kier molecular flexibility index (Phi) is 4.81. The molecule has 0 unspecified atom stereocenters. The maximum atomic E-state index is 6.12. The Morgan fingerprint density at radius 1 is 1.08 bits per heavy atom. The molecule has 0 saturated heterocycles. The monoisotopic (exact) mass is 368 g/mol. The van der Waals surface area contributed by atoms with E-state index in [0.29, 0.717) is 10.9 Å². The molecule has 1 aromatic carbocycles. The van der Waals surface area contributed by atoms with Crippen molar-refractivity contribution in [1.29, 1.82) is 0 Å². The van der Waals surface area contributed by atoms with Gasteiger partial charge >= 0.3 is 0 Å². The number of hydrogen-bond acceptors (Lipinski definition) is 4. The van der Waals surface area contributed by atoms with Crippen LogP contribution in [0.15, 0.2) is 54.7 Å². The van der Waals surface area contributed by atoms with Gasteiger partial charge in [0.25, 0.3) is 0 Å². The molecule has 3 nitrogen and oxygen atoms in total. The standard InChI is InChI=1S/C20H17ClN2OS/c21-17-13-16(11-12-22-17)24-20-18(14-7-3-1-4-8-14)23-19(25-20)15-9-5-2-6-10-15/h1,3-4,7-9,11-13H,2,5-6,10H2. The van der Waals surface area contributed by atoms with Gasteiger partial charge < -0.3 is 4.74 Å². The Hall–Kier alpha value is -2.17. The normalized spacial score (nSPS) is 14.2. The van der Waals surface area contributed by atoms with Gasteiger partial charge in [0.1, 0.15) is 21.6 Å². The van der Waals surface area contributed by atoms with E-state index in [1.165, 1.54) is 18.4 Å². The van der Waals surface area contributed by atoms with Crippen LogP contribution in [0.5, 0.6) is 10.8 Å². The van der Waals surface area contributed by atoms with Gasteiger partial charge in [0, 0.05) is 17.8 Å². The van der Waals surface area contributed by atoms with E-state index in [2.05, 4.69) is 23.2 Å². The molecule has 0 aliphatic heterocycles. The molecule has 0 saturated carbocycles. The zero-order chi connectivity index (χ0) is 17.1. The maximum absolute atomic E-state index is 6.12. The van der Waals surface area contributed by atoms with E-state index in [1.807, 2.05) is 18.2 Å². The van der Waals surface area contributed by atoms with E-state index >= 15 is 0 Å². The van der Waals surface area contributed by atoms with Crippen LogP contribution in [0, 0.1) is 0 Å². The van der Waals surface area contributed by atoms with Crippen molar-refractivity contribution in [2.24, 2.45) is 0 Å². The SMILES string of the molecule is Clc1cc(Oc2sc(C3=CCCCC3)nc2-c2ccccc2)ccn1. The molecule has 4 rings (SSSR count). The minimum Gasteiger partial charge on any atom is -0.444 e. The van der Waals surface area contributed by atoms with E-state index in [4.69, 9.17) is 21.3 Å². The highest BCUT2D eigenvalue weighted by Crippen LogP contribution is 2.42. The molecular formula is C20H17ClN2OS. The van der Waals surface area contributed by atoms with Crippen LogP contribution in [0.1, 0.15) is 30.7 Å². The maximum Gasteiger partial charge on any atom is 0.209 e. The summed E-state index contributed by atoms with van der Waals surface area (Å²) in [5.74, 6) is 0.671. The van der Waals surface area contributed by atoms with E-state index in [1.54, 1.807) is 29.7 Å². The zero-order valence-electron chi connectivity index (χ0n) is 13.6. The Morgan fingerprint density at radius 2 is 1.96 bits per heavy atom. The molecule has 2 heterocycles. The lowest BCUT2D eigenvalue weighted by Crippen LogP contribution is -1.91. The Labute approximate surface area is 156 Å². The average molecular weight is 369 g/mol. The summed E-state index contributed by atoms with van der Waals surface area (Å²) in [6, 6.07) is 13.7. The molecule has 1 aliphatic rings. The third-order valence-corrected chi connectivity index (χ3v) is 5.33. The van der Waals surface area contributed by atoms with Crippen molar-refractivity contribution >= 4 is 28.5 Å². The van der Waals surface area contributed by atoms with Crippen molar-refractivity contribution in [3.8, 4) is 22.1 Å². The van der Waals surface area contributed by atoms with Crippen LogP contribution in [0.25, 0.3) is 16.8 Å². The Bertz CT molecular complexity index is 905. The second-order valence-corrected chi connectivity index (χ2v) is 7.26. The van der Waals surface area contributed by atoms with Crippen molar-refractivity contribution in [3.05, 3.63) is 64.9 Å². The Morgan fingerprint density at radius 3 is 2.72 bits per heavy atom. The minimum absolute atomic E-state index is 0.415. The summed E-state index contributed by atoms with van der Waals surface area (Å²) in [5.41, 5.74) is 3.26. The van der Waals surface area contributed by atoms with Crippen LogP contribution in [-0.2, 0) is 0 Å². The molecule has 126 valence electrons. The van der Waals surface area contributed by atoms with Gasteiger partial charge in [-0.1, -0.05) is 59.3 Å². The van der Waals surface area contributed by atoms with E-state index < -0.39 is 0 Å². The highest BCUT2D eigenvalue weighted by molar-refractivity contribution is 7.15. The first-order valence-corrected chi connectivity index (χ1v) is 9.54. The van der Waals surface area contributed by atoms with Crippen LogP contribution >= 0.6 is 22.9 Å². The molecule has 3 aromatic rings. The van der Waals surface area contributed by atoms with Crippen molar-refractivity contribution < 1.29 is 4.74 Å². The number of nitrogens with zero attached hydrogens (tertiary/aromatic N) is 2. The summed E-state index contributed by atoms with van der Waals surface area (Å²) in [6.45, 7) is 0. The number of allylic oxidation sites excluding steroid dienone is 2. The summed E-state index contributed by atoms with van der Waals surface area (Å²) in [6.07, 6.45) is 8.66. The predicted octanol–water partition coefficient (Wildman–Crippen LogP) is 6.61. The second-order valence-electron chi connectivity index (χ2n) is 5.91. The quantitative estimate of drug-likeness (QED) is 0.486. The number of halogens is 1. The van der Waals surface area contributed by atoms with E-state index in [-0.39, 0.29) is 0 Å². The molecular weight excluding hydrogens is 352 g/mol. The van der Waals surface area contributed by atoms with Crippen LogP contribution < -0.4 is 4.74 Å². The average Bonchev–Trinajstić information content (AvgIpc) is 3.07. The lowest BCUT2D eigenvalue weighted by atomic mass is 10.0. The second kappa shape index (κ2) is 7.38. The van der Waals surface area contributed by atoms with Crippen LogP contribution in [0.2, 0.25) is 5.15 Å². The number of aromatic nitrogens is 2. The number of rotatable bonds is 4. The lowest BCUT2D eigenvalue weighted by Gasteiger charge is -2.09. The van der Waals surface area contributed by atoms with Crippen molar-refractivity contribution in [2.75, 3.05) is 0 Å². The summed E-state index contributed by atoms with van der Waals surface area (Å²) in [5, 5.41) is 2.25. The first-order valence-electron chi connectivity index (χ1n) is 8.35. The molecule has 0 spiro atoms. The number of benzene rings is 1. The number of pyridine rings is 1. The predicted molar refractivity (Wildman–Crippen MR) is 103 cm³/mol. The summed E-state index contributed by atoms with van der Waals surface area (Å²) < 4.78 is 6.12. The first kappa shape index (κ1) is 16.3. The number of thiazole rings is 1. The smallest absolute Gasteiger partial charge is 0.209 e. The molecule has 2 aromatic heterocycles. The lowest BCUT2D eigenvalue weighted by molar-refractivity contribution is 0.496. The van der Waals surface area contributed by atoms with Gasteiger partial charge in [-0.05, 0) is 37.3 Å². The van der Waals surface area contributed by atoms with Crippen LogP contribution in [-0.4, -0.2) is 9.97 Å². The summed E-state index contributed by atoms with van der Waals surface area (Å²) >= 11 is 7.58. The van der Waals surface area contributed by atoms with Crippen molar-refractivity contribution in [2.45, 2.75) is 25.7 Å². The van der Waals surface area contributed by atoms with Gasteiger partial charge in [-0.2, -0.15) is 0 Å². The number of hydrogen-bond donors (Lipinski definition) is 0. The fourth-order valence-electron chi connectivity index (χ4n) is 2.88. The molecule has 25 heavy (non-hydrogen) atoms. The van der Waals surface area contributed by atoms with E-state index in [9.17, 15) is 0 Å². The summed E-state index contributed by atoms with van der Waals surface area (Å²) in [4.78, 5) is 8.90. The van der Waals surface area contributed by atoms with Gasteiger partial charge in [-0.25, -0.2) is 9.97 Å². The van der Waals surface area contributed by atoms with Gasteiger partial charge in [-0.3, -0.25) is 0 Å². The topological polar surface area (TPSA) is 35.0 Å². The molecule has 0 radical (unpaired) electrons. The van der Waals surface area contributed by atoms with Crippen molar-refractivity contribution in [3.63, 3.8) is 0 Å². The van der Waals surface area contributed by atoms with Gasteiger partial charge in [0.15, 0.2) is 0 Å². The largest absolute Gasteiger partial charge is 0.444 e. The molecule has 0 atom stereocenters.